The van der Waals surface area contributed by atoms with Gasteiger partial charge in [-0.25, -0.2) is 23.1 Å². The average molecular weight is 599 g/mol. The molecule has 3 aromatic heterocycles. The summed E-state index contributed by atoms with van der Waals surface area (Å²) < 4.78 is 38.9. The molecule has 0 unspecified atom stereocenters. The Hall–Kier alpha value is -4.93. The smallest absolute Gasteiger partial charge is 0.355 e. The normalized spacial score (nSPS) is 17.3. The van der Waals surface area contributed by atoms with Crippen LogP contribution < -0.4 is 15.3 Å². The van der Waals surface area contributed by atoms with Crippen LogP contribution in [0.2, 0.25) is 0 Å². The van der Waals surface area contributed by atoms with Gasteiger partial charge in [-0.1, -0.05) is 38.6 Å². The number of halogens is 2. The van der Waals surface area contributed by atoms with Crippen LogP contribution in [0.4, 0.5) is 14.6 Å². The maximum absolute atomic E-state index is 16.2. The monoisotopic (exact) mass is 598 g/mol. The molecular formula is C33H32F2N6O3. The molecule has 1 amide bonds. The van der Waals surface area contributed by atoms with Crippen molar-refractivity contribution >= 4 is 28.8 Å². The molecule has 1 saturated heterocycles. The minimum absolute atomic E-state index is 0.0902. The second kappa shape index (κ2) is 11.6. The fourth-order valence-corrected chi connectivity index (χ4v) is 5.89. The van der Waals surface area contributed by atoms with Crippen LogP contribution in [0.1, 0.15) is 44.4 Å². The van der Waals surface area contributed by atoms with Gasteiger partial charge in [-0.15, -0.1) is 0 Å². The van der Waals surface area contributed by atoms with E-state index in [4.69, 9.17) is 9.72 Å². The standard InChI is InChI=1S/C33H32F2N6O3/c1-5-26(42)39-14-15-40(20(4)18-39)31-22-17-24(35)29-27-23(34)10-8-11-25(27)44-16-7-6-9-21-12-13-36-28(19(2)3)30(21)41(32(22)37-29)33(43)38-31/h5-6,8-13,17,19-20H,1,7,14-16,18H2,2-4H3/b9-6+/t20-/m0/s1. The molecule has 2 aliphatic heterocycles. The van der Waals surface area contributed by atoms with Crippen molar-refractivity contribution in [1.82, 2.24) is 24.4 Å². The molecule has 0 saturated carbocycles. The highest BCUT2D eigenvalue weighted by molar-refractivity contribution is 5.92. The molecule has 0 aliphatic carbocycles. The number of pyridine rings is 2. The van der Waals surface area contributed by atoms with Crippen LogP contribution in [0.5, 0.6) is 5.75 Å². The molecule has 0 spiro atoms. The average Bonchev–Trinajstić information content (AvgIpc) is 3.01. The van der Waals surface area contributed by atoms with E-state index < -0.39 is 17.3 Å². The second-order valence-electron chi connectivity index (χ2n) is 11.2. The highest BCUT2D eigenvalue weighted by atomic mass is 19.1. The zero-order valence-electron chi connectivity index (χ0n) is 24.8. The van der Waals surface area contributed by atoms with Gasteiger partial charge in [0.2, 0.25) is 5.91 Å². The van der Waals surface area contributed by atoms with Crippen LogP contribution in [0.25, 0.3) is 34.1 Å². The summed E-state index contributed by atoms with van der Waals surface area (Å²) >= 11 is 0. The predicted molar refractivity (Wildman–Crippen MR) is 165 cm³/mol. The lowest BCUT2D eigenvalue weighted by molar-refractivity contribution is -0.126. The number of anilines is 1. The van der Waals surface area contributed by atoms with E-state index in [1.807, 2.05) is 37.8 Å². The number of carbonyl (C=O) groups excluding carboxylic acids is 1. The number of aromatic nitrogens is 4. The van der Waals surface area contributed by atoms with E-state index in [-0.39, 0.29) is 58.3 Å². The van der Waals surface area contributed by atoms with Gasteiger partial charge < -0.3 is 14.5 Å². The summed E-state index contributed by atoms with van der Waals surface area (Å²) in [5, 5.41) is 0.267. The molecule has 1 aromatic carbocycles. The predicted octanol–water partition coefficient (Wildman–Crippen LogP) is 5.26. The Kier molecular flexibility index (Phi) is 7.71. The van der Waals surface area contributed by atoms with Gasteiger partial charge in [0, 0.05) is 37.4 Å². The number of rotatable bonds is 3. The SMILES string of the molecule is C=CC(=O)N1CCN(c2nc(=O)n3c4nc(c(F)cc24)-c2c(F)cccc2OCC/C=C/c2ccnc(C(C)C)c2-3)[C@@H](C)C1. The van der Waals surface area contributed by atoms with Gasteiger partial charge in [-0.2, -0.15) is 4.98 Å². The maximum atomic E-state index is 16.2. The summed E-state index contributed by atoms with van der Waals surface area (Å²) in [6.45, 7) is 10.7. The van der Waals surface area contributed by atoms with Gasteiger partial charge in [0.05, 0.1) is 28.9 Å². The number of benzene rings is 1. The lowest BCUT2D eigenvalue weighted by atomic mass is 10.0. The number of piperazine rings is 1. The first kappa shape index (κ1) is 29.2. The number of ether oxygens (including phenoxy) is 1. The number of nitrogens with zero attached hydrogens (tertiary/aromatic N) is 6. The second-order valence-corrected chi connectivity index (χ2v) is 11.2. The van der Waals surface area contributed by atoms with E-state index in [1.54, 1.807) is 23.2 Å². The highest BCUT2D eigenvalue weighted by Crippen LogP contribution is 2.38. The van der Waals surface area contributed by atoms with Crippen molar-refractivity contribution in [2.75, 3.05) is 31.1 Å². The van der Waals surface area contributed by atoms with E-state index in [0.29, 0.717) is 43.0 Å². The lowest BCUT2D eigenvalue weighted by Crippen LogP contribution is -2.54. The Morgan fingerprint density at radius 2 is 1.98 bits per heavy atom. The van der Waals surface area contributed by atoms with E-state index in [2.05, 4.69) is 16.5 Å². The first-order valence-corrected chi connectivity index (χ1v) is 14.6. The molecule has 2 aliphatic rings. The molecule has 0 N–H and O–H groups in total. The largest absolute Gasteiger partial charge is 0.492 e. The van der Waals surface area contributed by atoms with E-state index in [1.165, 1.54) is 28.8 Å². The zero-order chi connectivity index (χ0) is 31.1. The molecule has 226 valence electrons. The molecule has 1 atom stereocenters. The van der Waals surface area contributed by atoms with E-state index >= 15 is 8.78 Å². The number of carbonyl (C=O) groups is 1. The van der Waals surface area contributed by atoms with Crippen molar-refractivity contribution in [1.29, 1.82) is 0 Å². The van der Waals surface area contributed by atoms with Crippen LogP contribution in [0.15, 0.2) is 60.1 Å². The van der Waals surface area contributed by atoms with Crippen molar-refractivity contribution < 1.29 is 18.3 Å². The Balaban J connectivity index is 1.70. The first-order chi connectivity index (χ1) is 21.2. The van der Waals surface area contributed by atoms with Crippen LogP contribution in [-0.4, -0.2) is 62.6 Å². The van der Waals surface area contributed by atoms with Gasteiger partial charge in [0.15, 0.2) is 11.5 Å². The van der Waals surface area contributed by atoms with Crippen LogP contribution in [0.3, 0.4) is 0 Å². The Labute approximate surface area is 253 Å². The Morgan fingerprint density at radius 1 is 1.16 bits per heavy atom. The van der Waals surface area contributed by atoms with E-state index in [9.17, 15) is 9.59 Å². The van der Waals surface area contributed by atoms with Crippen molar-refractivity contribution in [3.63, 3.8) is 0 Å². The van der Waals surface area contributed by atoms with Gasteiger partial charge in [-0.3, -0.25) is 9.78 Å². The van der Waals surface area contributed by atoms with Crippen molar-refractivity contribution in [2.24, 2.45) is 0 Å². The third-order valence-electron chi connectivity index (χ3n) is 7.99. The summed E-state index contributed by atoms with van der Waals surface area (Å²) in [6, 6.07) is 7.07. The number of fused-ring (bicyclic) bond motifs is 5. The van der Waals surface area contributed by atoms with E-state index in [0.717, 1.165) is 0 Å². The molecule has 44 heavy (non-hydrogen) atoms. The fraction of sp³-hybridized carbons (Fsp3) is 0.303. The topological polar surface area (TPSA) is 93.5 Å². The van der Waals surface area contributed by atoms with Crippen LogP contribution >= 0.6 is 0 Å². The fourth-order valence-electron chi connectivity index (χ4n) is 5.89. The van der Waals surface area contributed by atoms with Crippen molar-refractivity contribution in [2.45, 2.75) is 39.2 Å². The summed E-state index contributed by atoms with van der Waals surface area (Å²) in [5.74, 6) is -1.40. The summed E-state index contributed by atoms with van der Waals surface area (Å²) in [6.07, 6.45) is 7.20. The molecule has 1 fully saturated rings. The minimum Gasteiger partial charge on any atom is -0.492 e. The third kappa shape index (κ3) is 5.01. The molecule has 4 aromatic rings. The number of hydrogen-bond donors (Lipinski definition) is 0. The molecular weight excluding hydrogens is 566 g/mol. The van der Waals surface area contributed by atoms with Crippen molar-refractivity contribution in [3.05, 3.63) is 88.6 Å². The number of amides is 1. The lowest BCUT2D eigenvalue weighted by Gasteiger charge is -2.40. The Morgan fingerprint density at radius 3 is 2.73 bits per heavy atom. The maximum Gasteiger partial charge on any atom is 0.355 e. The highest BCUT2D eigenvalue weighted by Gasteiger charge is 2.31. The quantitative estimate of drug-likeness (QED) is 0.297. The molecule has 6 rings (SSSR count). The molecule has 11 heteroatoms. The third-order valence-corrected chi connectivity index (χ3v) is 7.99. The summed E-state index contributed by atoms with van der Waals surface area (Å²) in [5.41, 5.74) is 0.843. The minimum atomic E-state index is -0.794. The van der Waals surface area contributed by atoms with Gasteiger partial charge in [0.1, 0.15) is 23.1 Å². The molecule has 0 radical (unpaired) electrons. The van der Waals surface area contributed by atoms with Gasteiger partial charge in [0.25, 0.3) is 0 Å². The Bertz CT molecular complexity index is 1890. The molecule has 5 heterocycles. The summed E-state index contributed by atoms with van der Waals surface area (Å²) in [7, 11) is 0. The molecule has 2 bridgehead atoms. The van der Waals surface area contributed by atoms with Crippen LogP contribution in [-0.2, 0) is 4.79 Å². The van der Waals surface area contributed by atoms with Crippen LogP contribution in [0, 0.1) is 11.6 Å². The summed E-state index contributed by atoms with van der Waals surface area (Å²) in [4.78, 5) is 43.8. The zero-order valence-corrected chi connectivity index (χ0v) is 24.8. The van der Waals surface area contributed by atoms with Gasteiger partial charge in [-0.05, 0) is 49.6 Å². The first-order valence-electron chi connectivity index (χ1n) is 14.6. The number of hydrogen-bond acceptors (Lipinski definition) is 7. The van der Waals surface area contributed by atoms with Crippen molar-refractivity contribution in [3.8, 4) is 22.7 Å². The molecule has 9 nitrogen and oxygen atoms in total. The van der Waals surface area contributed by atoms with Gasteiger partial charge >= 0.3 is 5.69 Å².